The number of hydrogen-bond acceptors (Lipinski definition) is 4. The van der Waals surface area contributed by atoms with Crippen LogP contribution in [0.1, 0.15) is 43.2 Å². The van der Waals surface area contributed by atoms with Crippen molar-refractivity contribution in [2.45, 2.75) is 41.9 Å². The molecule has 5 heteroatoms. The summed E-state index contributed by atoms with van der Waals surface area (Å²) < 4.78 is 4.63. The van der Waals surface area contributed by atoms with Gasteiger partial charge in [-0.2, -0.15) is 0 Å². The van der Waals surface area contributed by atoms with E-state index >= 15 is 0 Å². The van der Waals surface area contributed by atoms with Crippen molar-refractivity contribution in [3.63, 3.8) is 0 Å². The van der Waals surface area contributed by atoms with Crippen molar-refractivity contribution in [3.05, 3.63) is 65.7 Å². The molecule has 0 aromatic heterocycles. The molecule has 1 amide bonds. The molecule has 2 aromatic carbocycles. The van der Waals surface area contributed by atoms with E-state index in [1.165, 1.54) is 16.9 Å². The highest BCUT2D eigenvalue weighted by Gasteiger charge is 2.20. The Bertz CT molecular complexity index is 828. The monoisotopic (exact) mass is 395 g/mol. The summed E-state index contributed by atoms with van der Waals surface area (Å²) in [6, 6.07) is 16.4. The molecule has 4 nitrogen and oxygen atoms in total. The molecule has 28 heavy (non-hydrogen) atoms. The average Bonchev–Trinajstić information content (AvgIpc) is 2.72. The number of benzene rings is 2. The van der Waals surface area contributed by atoms with E-state index in [1.54, 1.807) is 17.8 Å². The number of rotatable bonds is 8. The molecule has 0 unspecified atom stereocenters. The molecule has 3 rings (SSSR count). The predicted molar refractivity (Wildman–Crippen MR) is 112 cm³/mol. The van der Waals surface area contributed by atoms with Gasteiger partial charge in [-0.05, 0) is 41.7 Å². The summed E-state index contributed by atoms with van der Waals surface area (Å²) in [6.45, 7) is 0.638. The SMILES string of the molecule is COC(=O)CCCCCCNC(=O)C=C1c2ccccc2Sc2ccccc21. The van der Waals surface area contributed by atoms with Crippen molar-refractivity contribution in [1.29, 1.82) is 0 Å². The minimum atomic E-state index is -0.161. The van der Waals surface area contributed by atoms with Crippen molar-refractivity contribution in [2.75, 3.05) is 13.7 Å². The number of amides is 1. The molecule has 1 N–H and O–H groups in total. The van der Waals surface area contributed by atoms with Gasteiger partial charge in [0.05, 0.1) is 7.11 Å². The summed E-state index contributed by atoms with van der Waals surface area (Å²) >= 11 is 1.74. The van der Waals surface area contributed by atoms with Gasteiger partial charge in [-0.25, -0.2) is 0 Å². The fraction of sp³-hybridized carbons (Fsp3) is 0.304. The maximum Gasteiger partial charge on any atom is 0.305 e. The number of carbonyl (C=O) groups is 2. The quantitative estimate of drug-likeness (QED) is 0.337. The molecule has 0 fully saturated rings. The highest BCUT2D eigenvalue weighted by Crippen LogP contribution is 2.44. The van der Waals surface area contributed by atoms with Gasteiger partial charge in [-0.1, -0.05) is 61.0 Å². The van der Waals surface area contributed by atoms with Crippen LogP contribution in [0.15, 0.2) is 64.4 Å². The summed E-state index contributed by atoms with van der Waals surface area (Å²) in [6.07, 6.45) is 5.86. The van der Waals surface area contributed by atoms with Gasteiger partial charge in [-0.15, -0.1) is 0 Å². The third kappa shape index (κ3) is 5.26. The Hall–Kier alpha value is -2.53. The van der Waals surface area contributed by atoms with Crippen LogP contribution < -0.4 is 5.32 Å². The first-order valence-corrected chi connectivity index (χ1v) is 10.4. The molecule has 1 aliphatic heterocycles. The van der Waals surface area contributed by atoms with Crippen LogP contribution in [0.25, 0.3) is 5.57 Å². The Morgan fingerprint density at radius 1 is 0.929 bits per heavy atom. The van der Waals surface area contributed by atoms with Crippen LogP contribution in [0.5, 0.6) is 0 Å². The first-order valence-electron chi connectivity index (χ1n) is 9.62. The van der Waals surface area contributed by atoms with E-state index in [1.807, 2.05) is 24.3 Å². The smallest absolute Gasteiger partial charge is 0.305 e. The Morgan fingerprint density at radius 3 is 2.18 bits per heavy atom. The highest BCUT2D eigenvalue weighted by molar-refractivity contribution is 7.99. The summed E-state index contributed by atoms with van der Waals surface area (Å²) in [4.78, 5) is 25.9. The molecule has 0 aliphatic carbocycles. The van der Waals surface area contributed by atoms with E-state index in [9.17, 15) is 9.59 Å². The molecule has 2 aromatic rings. The van der Waals surface area contributed by atoms with E-state index in [4.69, 9.17) is 0 Å². The Morgan fingerprint density at radius 2 is 1.54 bits per heavy atom. The number of methoxy groups -OCH3 is 1. The second-order valence-electron chi connectivity index (χ2n) is 6.68. The van der Waals surface area contributed by atoms with Gasteiger partial charge in [-0.3, -0.25) is 9.59 Å². The second-order valence-corrected chi connectivity index (χ2v) is 7.77. The van der Waals surface area contributed by atoms with Crippen molar-refractivity contribution in [1.82, 2.24) is 5.32 Å². The average molecular weight is 396 g/mol. The minimum Gasteiger partial charge on any atom is -0.469 e. The number of hydrogen-bond donors (Lipinski definition) is 1. The lowest BCUT2D eigenvalue weighted by Crippen LogP contribution is -2.22. The second kappa shape index (κ2) is 10.1. The zero-order valence-corrected chi connectivity index (χ0v) is 16.9. The first-order chi connectivity index (χ1) is 13.7. The van der Waals surface area contributed by atoms with Crippen molar-refractivity contribution in [3.8, 4) is 0 Å². The Labute approximate surface area is 170 Å². The molecule has 0 saturated heterocycles. The van der Waals surface area contributed by atoms with E-state index < -0.39 is 0 Å². The molecular formula is C23H25NO3S. The fourth-order valence-electron chi connectivity index (χ4n) is 3.22. The molecule has 0 bridgehead atoms. The third-order valence-corrected chi connectivity index (χ3v) is 5.84. The van der Waals surface area contributed by atoms with Crippen LogP contribution in [0.2, 0.25) is 0 Å². The van der Waals surface area contributed by atoms with Crippen LogP contribution in [-0.4, -0.2) is 25.5 Å². The molecule has 0 radical (unpaired) electrons. The van der Waals surface area contributed by atoms with Gasteiger partial charge >= 0.3 is 5.97 Å². The third-order valence-electron chi connectivity index (χ3n) is 4.68. The van der Waals surface area contributed by atoms with Gasteiger partial charge in [0, 0.05) is 28.8 Å². The van der Waals surface area contributed by atoms with Crippen LogP contribution >= 0.6 is 11.8 Å². The molecule has 1 heterocycles. The Kier molecular flexibility index (Phi) is 7.31. The summed E-state index contributed by atoms with van der Waals surface area (Å²) in [5.41, 5.74) is 3.17. The molecule has 146 valence electrons. The van der Waals surface area contributed by atoms with Gasteiger partial charge in [0.2, 0.25) is 5.91 Å². The van der Waals surface area contributed by atoms with Crippen LogP contribution in [0.3, 0.4) is 0 Å². The normalized spacial score (nSPS) is 12.0. The number of nitrogens with one attached hydrogen (secondary N) is 1. The number of carbonyl (C=O) groups excluding carboxylic acids is 2. The number of fused-ring (bicyclic) bond motifs is 2. The molecule has 0 atom stereocenters. The number of unbranched alkanes of at least 4 members (excludes halogenated alkanes) is 3. The largest absolute Gasteiger partial charge is 0.469 e. The lowest BCUT2D eigenvalue weighted by molar-refractivity contribution is -0.140. The standard InChI is InChI=1S/C23H25NO3S/c1-27-23(26)14-4-2-3-9-15-24-22(25)16-19-17-10-5-7-12-20(17)28-21-13-8-6-11-18(19)21/h5-8,10-13,16H,2-4,9,14-15H2,1H3,(H,24,25). The molecule has 0 saturated carbocycles. The number of esters is 1. The van der Waals surface area contributed by atoms with Crippen LogP contribution in [0, 0.1) is 0 Å². The van der Waals surface area contributed by atoms with Crippen molar-refractivity contribution in [2.24, 2.45) is 0 Å². The topological polar surface area (TPSA) is 55.4 Å². The van der Waals surface area contributed by atoms with Gasteiger partial charge in [0.15, 0.2) is 0 Å². The molecule has 0 spiro atoms. The summed E-state index contributed by atoms with van der Waals surface area (Å²) in [5.74, 6) is -0.229. The fourth-order valence-corrected chi connectivity index (χ4v) is 4.33. The first kappa shape index (κ1) is 20.2. The molecule has 1 aliphatic rings. The summed E-state index contributed by atoms with van der Waals surface area (Å²) in [5, 5.41) is 2.99. The van der Waals surface area contributed by atoms with Crippen LogP contribution in [0.4, 0.5) is 0 Å². The van der Waals surface area contributed by atoms with Gasteiger partial charge < -0.3 is 10.1 Å². The zero-order chi connectivity index (χ0) is 19.8. The van der Waals surface area contributed by atoms with E-state index in [0.717, 1.165) is 42.4 Å². The number of ether oxygens (including phenoxy) is 1. The van der Waals surface area contributed by atoms with E-state index in [2.05, 4.69) is 34.3 Å². The lowest BCUT2D eigenvalue weighted by atomic mass is 9.96. The predicted octanol–water partition coefficient (Wildman–Crippen LogP) is 4.82. The minimum absolute atomic E-state index is 0.0685. The highest BCUT2D eigenvalue weighted by atomic mass is 32.2. The van der Waals surface area contributed by atoms with Gasteiger partial charge in [0.25, 0.3) is 0 Å². The molecular weight excluding hydrogens is 370 g/mol. The van der Waals surface area contributed by atoms with Crippen molar-refractivity contribution >= 4 is 29.2 Å². The van der Waals surface area contributed by atoms with Crippen molar-refractivity contribution < 1.29 is 14.3 Å². The van der Waals surface area contributed by atoms with Crippen LogP contribution in [-0.2, 0) is 14.3 Å². The lowest BCUT2D eigenvalue weighted by Gasteiger charge is -2.21. The van der Waals surface area contributed by atoms with E-state index in [-0.39, 0.29) is 11.9 Å². The maximum atomic E-state index is 12.5. The van der Waals surface area contributed by atoms with Gasteiger partial charge in [0.1, 0.15) is 0 Å². The Balaban J connectivity index is 1.56. The van der Waals surface area contributed by atoms with E-state index in [0.29, 0.717) is 13.0 Å². The summed E-state index contributed by atoms with van der Waals surface area (Å²) in [7, 11) is 1.41. The zero-order valence-electron chi connectivity index (χ0n) is 16.1. The maximum absolute atomic E-state index is 12.5.